The van der Waals surface area contributed by atoms with Gasteiger partial charge in [0.2, 0.25) is 5.91 Å². The first-order valence-electron chi connectivity index (χ1n) is 5.41. The Bertz CT molecular complexity index is 452. The molecule has 18 heavy (non-hydrogen) atoms. The molecule has 0 radical (unpaired) electrons. The summed E-state index contributed by atoms with van der Waals surface area (Å²) in [6.07, 6.45) is 0. The van der Waals surface area contributed by atoms with Crippen LogP contribution in [0.15, 0.2) is 12.1 Å². The molecule has 1 atom stereocenters. The number of hydrogen-bond acceptors (Lipinski definition) is 2. The van der Waals surface area contributed by atoms with Gasteiger partial charge >= 0.3 is 0 Å². The Morgan fingerprint density at radius 2 is 2.00 bits per heavy atom. The van der Waals surface area contributed by atoms with Gasteiger partial charge in [0.1, 0.15) is 5.82 Å². The van der Waals surface area contributed by atoms with E-state index in [0.717, 1.165) is 0 Å². The Labute approximate surface area is 116 Å². The van der Waals surface area contributed by atoms with E-state index in [1.807, 2.05) is 0 Å². The second kappa shape index (κ2) is 6.36. The predicted molar refractivity (Wildman–Crippen MR) is 71.5 cm³/mol. The van der Waals surface area contributed by atoms with E-state index in [-0.39, 0.29) is 23.5 Å². The SMILES string of the molecule is CC(NCC(=O)N(C)C)c1cc(F)c(Cl)cc1Cl. The quantitative estimate of drug-likeness (QED) is 0.866. The van der Waals surface area contributed by atoms with Crippen LogP contribution in [0.25, 0.3) is 0 Å². The summed E-state index contributed by atoms with van der Waals surface area (Å²) in [4.78, 5) is 12.9. The van der Waals surface area contributed by atoms with Crippen LogP contribution in [-0.4, -0.2) is 31.4 Å². The van der Waals surface area contributed by atoms with Gasteiger partial charge in [0, 0.05) is 25.2 Å². The lowest BCUT2D eigenvalue weighted by Gasteiger charge is -2.17. The van der Waals surface area contributed by atoms with Gasteiger partial charge in [-0.2, -0.15) is 0 Å². The number of amides is 1. The topological polar surface area (TPSA) is 32.3 Å². The number of hydrogen-bond donors (Lipinski definition) is 1. The molecule has 1 amide bonds. The Kier molecular flexibility index (Phi) is 5.38. The molecule has 6 heteroatoms. The van der Waals surface area contributed by atoms with Crippen molar-refractivity contribution in [1.29, 1.82) is 0 Å². The van der Waals surface area contributed by atoms with Crippen molar-refractivity contribution in [2.75, 3.05) is 20.6 Å². The Morgan fingerprint density at radius 1 is 1.39 bits per heavy atom. The number of carbonyl (C=O) groups excluding carboxylic acids is 1. The van der Waals surface area contributed by atoms with E-state index in [1.165, 1.54) is 17.0 Å². The number of likely N-dealkylation sites (N-methyl/N-ethyl adjacent to an activating group) is 1. The molecule has 0 aliphatic carbocycles. The number of carbonyl (C=O) groups is 1. The van der Waals surface area contributed by atoms with Crippen LogP contribution in [0.3, 0.4) is 0 Å². The normalized spacial score (nSPS) is 12.3. The van der Waals surface area contributed by atoms with Crippen molar-refractivity contribution in [3.63, 3.8) is 0 Å². The minimum absolute atomic E-state index is 0.0136. The first-order chi connectivity index (χ1) is 8.32. The summed E-state index contributed by atoms with van der Waals surface area (Å²) < 4.78 is 13.4. The number of benzene rings is 1. The van der Waals surface area contributed by atoms with E-state index in [9.17, 15) is 9.18 Å². The van der Waals surface area contributed by atoms with Gasteiger partial charge in [-0.25, -0.2) is 4.39 Å². The first kappa shape index (κ1) is 15.2. The molecule has 0 aliphatic rings. The second-order valence-corrected chi connectivity index (χ2v) is 4.99. The van der Waals surface area contributed by atoms with Crippen molar-refractivity contribution in [2.45, 2.75) is 13.0 Å². The molecule has 0 heterocycles. The third kappa shape index (κ3) is 3.83. The van der Waals surface area contributed by atoms with Crippen LogP contribution in [0.4, 0.5) is 4.39 Å². The molecular formula is C12H15Cl2FN2O. The third-order valence-electron chi connectivity index (χ3n) is 2.56. The third-order valence-corrected chi connectivity index (χ3v) is 3.18. The van der Waals surface area contributed by atoms with Crippen LogP contribution >= 0.6 is 23.2 Å². The minimum atomic E-state index is -0.524. The molecule has 1 aromatic carbocycles. The molecule has 0 saturated carbocycles. The maximum Gasteiger partial charge on any atom is 0.236 e. The largest absolute Gasteiger partial charge is 0.348 e. The van der Waals surface area contributed by atoms with Crippen LogP contribution in [-0.2, 0) is 4.79 Å². The van der Waals surface area contributed by atoms with Gasteiger partial charge < -0.3 is 10.2 Å². The fraction of sp³-hybridized carbons (Fsp3) is 0.417. The van der Waals surface area contributed by atoms with Crippen molar-refractivity contribution < 1.29 is 9.18 Å². The lowest BCUT2D eigenvalue weighted by molar-refractivity contribution is -0.127. The summed E-state index contributed by atoms with van der Waals surface area (Å²) in [7, 11) is 3.34. The van der Waals surface area contributed by atoms with Gasteiger partial charge in [0.15, 0.2) is 0 Å². The Balaban J connectivity index is 2.76. The van der Waals surface area contributed by atoms with Gasteiger partial charge in [0.25, 0.3) is 0 Å². The first-order valence-corrected chi connectivity index (χ1v) is 6.16. The molecule has 3 nitrogen and oxygen atoms in total. The van der Waals surface area contributed by atoms with Crippen LogP contribution in [0, 0.1) is 5.82 Å². The van der Waals surface area contributed by atoms with E-state index >= 15 is 0 Å². The Hall–Kier alpha value is -0.840. The number of nitrogens with zero attached hydrogens (tertiary/aromatic N) is 1. The fourth-order valence-electron chi connectivity index (χ4n) is 1.38. The average Bonchev–Trinajstić information content (AvgIpc) is 2.30. The van der Waals surface area contributed by atoms with Crippen molar-refractivity contribution >= 4 is 29.1 Å². The molecule has 1 unspecified atom stereocenters. The standard InChI is InChI=1S/C12H15Cl2FN2O/c1-7(16-6-12(18)17(2)3)8-4-11(15)10(14)5-9(8)13/h4-5,7,16H,6H2,1-3H3. The van der Waals surface area contributed by atoms with Gasteiger partial charge in [-0.05, 0) is 24.6 Å². The van der Waals surface area contributed by atoms with Gasteiger partial charge in [0.05, 0.1) is 11.6 Å². The van der Waals surface area contributed by atoms with Gasteiger partial charge in [-0.1, -0.05) is 23.2 Å². The highest BCUT2D eigenvalue weighted by Crippen LogP contribution is 2.28. The lowest BCUT2D eigenvalue weighted by Crippen LogP contribution is -2.34. The van der Waals surface area contributed by atoms with E-state index in [4.69, 9.17) is 23.2 Å². The highest BCUT2D eigenvalue weighted by molar-refractivity contribution is 6.35. The average molecular weight is 293 g/mol. The van der Waals surface area contributed by atoms with Crippen LogP contribution in [0.5, 0.6) is 0 Å². The van der Waals surface area contributed by atoms with Crippen molar-refractivity contribution in [3.05, 3.63) is 33.6 Å². The molecule has 0 spiro atoms. The zero-order valence-electron chi connectivity index (χ0n) is 10.4. The summed E-state index contributed by atoms with van der Waals surface area (Å²) in [5, 5.41) is 3.34. The summed E-state index contributed by atoms with van der Waals surface area (Å²) in [5.74, 6) is -0.587. The zero-order chi connectivity index (χ0) is 13.9. The van der Waals surface area contributed by atoms with Crippen molar-refractivity contribution in [2.24, 2.45) is 0 Å². The van der Waals surface area contributed by atoms with Gasteiger partial charge in [-0.15, -0.1) is 0 Å². The summed E-state index contributed by atoms with van der Waals surface area (Å²) in [6, 6.07) is 2.40. The molecule has 0 aromatic heterocycles. The molecule has 1 rings (SSSR count). The zero-order valence-corrected chi connectivity index (χ0v) is 11.9. The monoisotopic (exact) mass is 292 g/mol. The lowest BCUT2D eigenvalue weighted by atomic mass is 10.1. The maximum absolute atomic E-state index is 13.4. The highest BCUT2D eigenvalue weighted by atomic mass is 35.5. The predicted octanol–water partition coefficient (Wildman–Crippen LogP) is 2.87. The summed E-state index contributed by atoms with van der Waals surface area (Å²) in [5.41, 5.74) is 0.574. The second-order valence-electron chi connectivity index (χ2n) is 4.18. The molecule has 1 aromatic rings. The van der Waals surface area contributed by atoms with E-state index in [0.29, 0.717) is 10.6 Å². The van der Waals surface area contributed by atoms with E-state index in [1.54, 1.807) is 21.0 Å². The molecule has 0 bridgehead atoms. The van der Waals surface area contributed by atoms with Crippen LogP contribution < -0.4 is 5.32 Å². The molecule has 0 fully saturated rings. The van der Waals surface area contributed by atoms with E-state index < -0.39 is 5.82 Å². The van der Waals surface area contributed by atoms with Crippen LogP contribution in [0.1, 0.15) is 18.5 Å². The van der Waals surface area contributed by atoms with Gasteiger partial charge in [-0.3, -0.25) is 4.79 Å². The maximum atomic E-state index is 13.4. The molecule has 100 valence electrons. The summed E-state index contributed by atoms with van der Waals surface area (Å²) in [6.45, 7) is 1.96. The van der Waals surface area contributed by atoms with Crippen molar-refractivity contribution in [3.8, 4) is 0 Å². The van der Waals surface area contributed by atoms with E-state index in [2.05, 4.69) is 5.32 Å². The number of nitrogens with one attached hydrogen (secondary N) is 1. The molecular weight excluding hydrogens is 278 g/mol. The Morgan fingerprint density at radius 3 is 2.56 bits per heavy atom. The molecule has 0 saturated heterocycles. The number of halogens is 3. The molecule has 1 N–H and O–H groups in total. The highest BCUT2D eigenvalue weighted by Gasteiger charge is 2.14. The fourth-order valence-corrected chi connectivity index (χ4v) is 1.93. The smallest absolute Gasteiger partial charge is 0.236 e. The molecule has 0 aliphatic heterocycles. The van der Waals surface area contributed by atoms with Crippen LogP contribution in [0.2, 0.25) is 10.0 Å². The minimum Gasteiger partial charge on any atom is -0.348 e. The number of rotatable bonds is 4. The summed E-state index contributed by atoms with van der Waals surface area (Å²) >= 11 is 11.6. The van der Waals surface area contributed by atoms with Crippen molar-refractivity contribution in [1.82, 2.24) is 10.2 Å².